The van der Waals surface area contributed by atoms with Gasteiger partial charge in [-0.2, -0.15) is 0 Å². The maximum atomic E-state index is 12.9. The van der Waals surface area contributed by atoms with Crippen molar-refractivity contribution in [3.8, 4) is 0 Å². The van der Waals surface area contributed by atoms with Gasteiger partial charge in [-0.05, 0) is 19.3 Å². The van der Waals surface area contributed by atoms with Crippen molar-refractivity contribution >= 4 is 5.97 Å². The van der Waals surface area contributed by atoms with E-state index in [2.05, 4.69) is 0 Å². The smallest absolute Gasteiger partial charge is 0.309 e. The van der Waals surface area contributed by atoms with Gasteiger partial charge in [-0.3, -0.25) is 4.79 Å². The highest BCUT2D eigenvalue weighted by atomic mass is 19.3. The first-order chi connectivity index (χ1) is 6.92. The van der Waals surface area contributed by atoms with E-state index < -0.39 is 17.3 Å². The van der Waals surface area contributed by atoms with Crippen LogP contribution in [0.15, 0.2) is 0 Å². The lowest BCUT2D eigenvalue weighted by molar-refractivity contribution is -0.158. The van der Waals surface area contributed by atoms with Crippen molar-refractivity contribution in [3.63, 3.8) is 0 Å². The monoisotopic (exact) mass is 222 g/mol. The molecule has 1 fully saturated rings. The van der Waals surface area contributed by atoms with Crippen molar-refractivity contribution in [2.75, 3.05) is 13.7 Å². The van der Waals surface area contributed by atoms with Gasteiger partial charge in [0, 0.05) is 26.6 Å². The Morgan fingerprint density at radius 2 is 1.87 bits per heavy atom. The molecule has 0 amide bonds. The van der Waals surface area contributed by atoms with Crippen LogP contribution >= 0.6 is 0 Å². The van der Waals surface area contributed by atoms with E-state index in [9.17, 15) is 13.6 Å². The fourth-order valence-corrected chi connectivity index (χ4v) is 1.96. The predicted octanol–water partition coefficient (Wildman–Crippen LogP) is 2.30. The van der Waals surface area contributed by atoms with Gasteiger partial charge in [0.1, 0.15) is 0 Å². The average molecular weight is 222 g/mol. The quantitative estimate of drug-likeness (QED) is 0.793. The zero-order valence-corrected chi connectivity index (χ0v) is 8.76. The number of carboxylic acids is 1. The van der Waals surface area contributed by atoms with Gasteiger partial charge >= 0.3 is 5.97 Å². The molecular weight excluding hydrogens is 206 g/mol. The number of halogens is 2. The number of carboxylic acid groups (broad SMARTS) is 1. The lowest BCUT2D eigenvalue weighted by atomic mass is 9.71. The summed E-state index contributed by atoms with van der Waals surface area (Å²) in [5.41, 5.74) is -1.00. The molecule has 3 nitrogen and oxygen atoms in total. The molecular formula is C10H16F2O3. The molecule has 0 atom stereocenters. The Kier molecular flexibility index (Phi) is 3.65. The Hall–Kier alpha value is -0.710. The molecule has 1 aliphatic carbocycles. The highest BCUT2D eigenvalue weighted by molar-refractivity contribution is 5.74. The first kappa shape index (κ1) is 12.4. The van der Waals surface area contributed by atoms with Gasteiger partial charge in [0.15, 0.2) is 0 Å². The van der Waals surface area contributed by atoms with Gasteiger partial charge < -0.3 is 9.84 Å². The number of alkyl halides is 2. The third kappa shape index (κ3) is 2.87. The van der Waals surface area contributed by atoms with E-state index in [0.717, 1.165) is 0 Å². The number of aliphatic carboxylic acids is 1. The van der Waals surface area contributed by atoms with Crippen LogP contribution < -0.4 is 0 Å². The molecule has 15 heavy (non-hydrogen) atoms. The maximum absolute atomic E-state index is 12.9. The van der Waals surface area contributed by atoms with E-state index in [1.165, 1.54) is 7.11 Å². The highest BCUT2D eigenvalue weighted by Gasteiger charge is 2.47. The minimum Gasteiger partial charge on any atom is -0.481 e. The average Bonchev–Trinajstić information content (AvgIpc) is 2.16. The normalized spacial score (nSPS) is 23.7. The summed E-state index contributed by atoms with van der Waals surface area (Å²) in [5.74, 6) is -3.67. The molecule has 0 aliphatic heterocycles. The first-order valence-corrected chi connectivity index (χ1v) is 5.02. The minimum absolute atomic E-state index is 0.0404. The van der Waals surface area contributed by atoms with Crippen LogP contribution in [0.25, 0.3) is 0 Å². The molecule has 0 bridgehead atoms. The van der Waals surface area contributed by atoms with E-state index in [4.69, 9.17) is 9.84 Å². The molecule has 0 unspecified atom stereocenters. The molecule has 1 aliphatic rings. The lowest BCUT2D eigenvalue weighted by Gasteiger charge is -2.36. The molecule has 0 radical (unpaired) electrons. The van der Waals surface area contributed by atoms with Crippen LogP contribution in [0, 0.1) is 5.41 Å². The fraction of sp³-hybridized carbons (Fsp3) is 0.900. The van der Waals surface area contributed by atoms with Crippen molar-refractivity contribution in [1.82, 2.24) is 0 Å². The summed E-state index contributed by atoms with van der Waals surface area (Å²) in [5, 5.41) is 9.09. The fourth-order valence-electron chi connectivity index (χ4n) is 1.96. The van der Waals surface area contributed by atoms with E-state index >= 15 is 0 Å². The second kappa shape index (κ2) is 4.43. The molecule has 0 aromatic rings. The molecule has 1 rings (SSSR count). The van der Waals surface area contributed by atoms with E-state index in [-0.39, 0.29) is 25.7 Å². The van der Waals surface area contributed by atoms with Crippen LogP contribution in [0.4, 0.5) is 8.78 Å². The zero-order chi connectivity index (χ0) is 11.5. The number of hydrogen-bond donors (Lipinski definition) is 1. The van der Waals surface area contributed by atoms with Gasteiger partial charge in [-0.1, -0.05) is 0 Å². The Morgan fingerprint density at radius 1 is 1.33 bits per heavy atom. The van der Waals surface area contributed by atoms with Crippen molar-refractivity contribution in [2.45, 2.75) is 38.0 Å². The SMILES string of the molecule is COCCC1(C(=O)O)CCC(F)(F)CC1. The van der Waals surface area contributed by atoms with Crippen molar-refractivity contribution in [1.29, 1.82) is 0 Å². The summed E-state index contributed by atoms with van der Waals surface area (Å²) in [6.07, 6.45) is -0.266. The zero-order valence-electron chi connectivity index (χ0n) is 8.76. The summed E-state index contributed by atoms with van der Waals surface area (Å²) >= 11 is 0. The molecule has 0 aromatic heterocycles. The molecule has 0 heterocycles. The van der Waals surface area contributed by atoms with Gasteiger partial charge in [0.25, 0.3) is 0 Å². The minimum atomic E-state index is -2.69. The molecule has 0 spiro atoms. The third-order valence-electron chi connectivity index (χ3n) is 3.18. The second-order valence-corrected chi connectivity index (χ2v) is 4.18. The van der Waals surface area contributed by atoms with Crippen LogP contribution in [0.5, 0.6) is 0 Å². The summed E-state index contributed by atoms with van der Waals surface area (Å²) in [6, 6.07) is 0. The number of hydrogen-bond acceptors (Lipinski definition) is 2. The van der Waals surface area contributed by atoms with Crippen LogP contribution in [0.3, 0.4) is 0 Å². The van der Waals surface area contributed by atoms with Crippen molar-refractivity contribution in [3.05, 3.63) is 0 Å². The number of methoxy groups -OCH3 is 1. The molecule has 0 saturated heterocycles. The van der Waals surface area contributed by atoms with E-state index in [1.807, 2.05) is 0 Å². The van der Waals surface area contributed by atoms with Gasteiger partial charge in [-0.15, -0.1) is 0 Å². The Morgan fingerprint density at radius 3 is 2.27 bits per heavy atom. The molecule has 1 saturated carbocycles. The van der Waals surface area contributed by atoms with Crippen LogP contribution in [0.1, 0.15) is 32.1 Å². The highest BCUT2D eigenvalue weighted by Crippen LogP contribution is 2.45. The molecule has 1 N–H and O–H groups in total. The Balaban J connectivity index is 2.65. The molecule has 0 aromatic carbocycles. The van der Waals surface area contributed by atoms with Crippen molar-refractivity contribution in [2.24, 2.45) is 5.41 Å². The van der Waals surface area contributed by atoms with Crippen LogP contribution in [-0.2, 0) is 9.53 Å². The van der Waals surface area contributed by atoms with E-state index in [1.54, 1.807) is 0 Å². The Labute approximate surface area is 87.4 Å². The van der Waals surface area contributed by atoms with Gasteiger partial charge in [-0.25, -0.2) is 8.78 Å². The summed E-state index contributed by atoms with van der Waals surface area (Å²) < 4.78 is 30.6. The Bertz CT molecular complexity index is 231. The van der Waals surface area contributed by atoms with Crippen LogP contribution in [0.2, 0.25) is 0 Å². The molecule has 88 valence electrons. The lowest BCUT2D eigenvalue weighted by Crippen LogP contribution is -2.39. The first-order valence-electron chi connectivity index (χ1n) is 5.02. The summed E-state index contributed by atoms with van der Waals surface area (Å²) in [6.45, 7) is 0.303. The third-order valence-corrected chi connectivity index (χ3v) is 3.18. The number of carbonyl (C=O) groups is 1. The van der Waals surface area contributed by atoms with E-state index in [0.29, 0.717) is 13.0 Å². The second-order valence-electron chi connectivity index (χ2n) is 4.18. The van der Waals surface area contributed by atoms with Gasteiger partial charge in [0.05, 0.1) is 5.41 Å². The standard InChI is InChI=1S/C10H16F2O3/c1-15-7-6-9(8(13)14)2-4-10(11,12)5-3-9/h2-7H2,1H3,(H,13,14). The summed E-state index contributed by atoms with van der Waals surface area (Å²) in [4.78, 5) is 11.1. The van der Waals surface area contributed by atoms with Gasteiger partial charge in [0.2, 0.25) is 5.92 Å². The van der Waals surface area contributed by atoms with Crippen molar-refractivity contribution < 1.29 is 23.4 Å². The van der Waals surface area contributed by atoms with Crippen LogP contribution in [-0.4, -0.2) is 30.7 Å². The maximum Gasteiger partial charge on any atom is 0.309 e. The summed E-state index contributed by atoms with van der Waals surface area (Å²) in [7, 11) is 1.48. The number of rotatable bonds is 4. The topological polar surface area (TPSA) is 46.5 Å². The number of ether oxygens (including phenoxy) is 1. The predicted molar refractivity (Wildman–Crippen MR) is 50.0 cm³/mol. The largest absolute Gasteiger partial charge is 0.481 e. The molecule has 5 heteroatoms.